The van der Waals surface area contributed by atoms with Crippen LogP contribution in [0.5, 0.6) is 0 Å². The second-order valence-corrected chi connectivity index (χ2v) is 7.82. The minimum atomic E-state index is -0.446. The van der Waals surface area contributed by atoms with Crippen molar-refractivity contribution in [2.24, 2.45) is 0 Å². The van der Waals surface area contributed by atoms with Crippen LogP contribution in [0.4, 0.5) is 4.39 Å². The van der Waals surface area contributed by atoms with E-state index in [0.29, 0.717) is 22.5 Å². The molecule has 0 bridgehead atoms. The van der Waals surface area contributed by atoms with Gasteiger partial charge in [-0.15, -0.1) is 0 Å². The first-order valence-corrected chi connectivity index (χ1v) is 10.1. The number of aryl methyl sites for hydroxylation is 2. The number of aromatic nitrogens is 3. The molecule has 4 aromatic rings. The van der Waals surface area contributed by atoms with E-state index in [9.17, 15) is 9.18 Å². The number of carbonyl (C=O) groups is 1. The van der Waals surface area contributed by atoms with Gasteiger partial charge < -0.3 is 5.32 Å². The van der Waals surface area contributed by atoms with Crippen LogP contribution in [0.15, 0.2) is 54.9 Å². The van der Waals surface area contributed by atoms with Crippen molar-refractivity contribution < 1.29 is 9.18 Å². The SMILES string of the molecule is Cc1c(C(=O)N[C@H]2CCc3ccccc32)cnc2c(-c3c(F)cccc3Cl)cnn12. The lowest BCUT2D eigenvalue weighted by Gasteiger charge is -2.15. The summed E-state index contributed by atoms with van der Waals surface area (Å²) in [6, 6.07) is 12.7. The van der Waals surface area contributed by atoms with Gasteiger partial charge in [0.1, 0.15) is 5.82 Å². The maximum Gasteiger partial charge on any atom is 0.255 e. The first-order chi connectivity index (χ1) is 14.5. The molecule has 0 saturated heterocycles. The summed E-state index contributed by atoms with van der Waals surface area (Å²) in [6.07, 6.45) is 4.86. The van der Waals surface area contributed by atoms with Crippen LogP contribution >= 0.6 is 11.6 Å². The summed E-state index contributed by atoms with van der Waals surface area (Å²) < 4.78 is 15.9. The Morgan fingerprint density at radius 3 is 2.87 bits per heavy atom. The van der Waals surface area contributed by atoms with Crippen LogP contribution in [-0.4, -0.2) is 20.5 Å². The normalized spacial score (nSPS) is 15.4. The Balaban J connectivity index is 1.50. The molecule has 1 N–H and O–H groups in total. The minimum Gasteiger partial charge on any atom is -0.345 e. The van der Waals surface area contributed by atoms with Crippen LogP contribution in [-0.2, 0) is 6.42 Å². The molecule has 1 atom stereocenters. The summed E-state index contributed by atoms with van der Waals surface area (Å²) in [4.78, 5) is 17.4. The highest BCUT2D eigenvalue weighted by Crippen LogP contribution is 2.34. The van der Waals surface area contributed by atoms with Gasteiger partial charge in [-0.1, -0.05) is 41.9 Å². The third-order valence-electron chi connectivity index (χ3n) is 5.68. The summed E-state index contributed by atoms with van der Waals surface area (Å²) in [5.41, 5.74) is 4.67. The van der Waals surface area contributed by atoms with Crippen LogP contribution < -0.4 is 5.32 Å². The molecule has 0 aliphatic heterocycles. The number of benzene rings is 2. The van der Waals surface area contributed by atoms with Crippen molar-refractivity contribution in [3.8, 4) is 11.1 Å². The molecule has 2 aromatic carbocycles. The summed E-state index contributed by atoms with van der Waals surface area (Å²) >= 11 is 6.21. The molecule has 30 heavy (non-hydrogen) atoms. The summed E-state index contributed by atoms with van der Waals surface area (Å²) in [6.45, 7) is 1.80. The maximum absolute atomic E-state index is 14.4. The van der Waals surface area contributed by atoms with Crippen LogP contribution in [0.25, 0.3) is 16.8 Å². The fourth-order valence-corrected chi connectivity index (χ4v) is 4.41. The van der Waals surface area contributed by atoms with Crippen molar-refractivity contribution in [2.75, 3.05) is 0 Å². The van der Waals surface area contributed by atoms with E-state index in [-0.39, 0.29) is 22.5 Å². The monoisotopic (exact) mass is 420 g/mol. The molecule has 150 valence electrons. The van der Waals surface area contributed by atoms with E-state index >= 15 is 0 Å². The second kappa shape index (κ2) is 7.22. The number of halogens is 2. The largest absolute Gasteiger partial charge is 0.345 e. The Morgan fingerprint density at radius 1 is 1.20 bits per heavy atom. The van der Waals surface area contributed by atoms with E-state index in [1.807, 2.05) is 12.1 Å². The Bertz CT molecular complexity index is 1280. The lowest BCUT2D eigenvalue weighted by molar-refractivity contribution is 0.0935. The van der Waals surface area contributed by atoms with Crippen LogP contribution in [0.3, 0.4) is 0 Å². The zero-order valence-corrected chi connectivity index (χ0v) is 16.9. The molecule has 0 unspecified atom stereocenters. The molecule has 1 amide bonds. The first kappa shape index (κ1) is 18.8. The minimum absolute atomic E-state index is 0.0193. The highest BCUT2D eigenvalue weighted by molar-refractivity contribution is 6.33. The smallest absolute Gasteiger partial charge is 0.255 e. The van der Waals surface area contributed by atoms with Crippen molar-refractivity contribution in [3.05, 3.63) is 88.1 Å². The maximum atomic E-state index is 14.4. The number of nitrogens with one attached hydrogen (secondary N) is 1. The van der Waals surface area contributed by atoms with Crippen molar-refractivity contribution >= 4 is 23.2 Å². The number of amides is 1. The van der Waals surface area contributed by atoms with Gasteiger partial charge in [0.05, 0.1) is 34.1 Å². The number of nitrogens with zero attached hydrogens (tertiary/aromatic N) is 3. The summed E-state index contributed by atoms with van der Waals surface area (Å²) in [7, 11) is 0. The summed E-state index contributed by atoms with van der Waals surface area (Å²) in [5.74, 6) is -0.650. The number of hydrogen-bond donors (Lipinski definition) is 1. The Morgan fingerprint density at radius 2 is 2.03 bits per heavy atom. The molecule has 0 saturated carbocycles. The molecule has 7 heteroatoms. The van der Waals surface area contributed by atoms with Crippen LogP contribution in [0.1, 0.15) is 39.6 Å². The van der Waals surface area contributed by atoms with E-state index in [0.717, 1.165) is 18.4 Å². The highest BCUT2D eigenvalue weighted by atomic mass is 35.5. The molecule has 5 rings (SSSR count). The Hall–Kier alpha value is -3.25. The predicted octanol–water partition coefficient (Wildman–Crippen LogP) is 4.91. The molecule has 0 fully saturated rings. The Kier molecular flexibility index (Phi) is 4.51. The lowest BCUT2D eigenvalue weighted by Crippen LogP contribution is -2.28. The van der Waals surface area contributed by atoms with Crippen molar-refractivity contribution in [1.29, 1.82) is 0 Å². The molecular weight excluding hydrogens is 403 g/mol. The molecule has 2 aromatic heterocycles. The number of carbonyl (C=O) groups excluding carboxylic acids is 1. The third-order valence-corrected chi connectivity index (χ3v) is 6.00. The molecule has 0 radical (unpaired) electrons. The zero-order chi connectivity index (χ0) is 20.8. The average molecular weight is 421 g/mol. The van der Waals surface area contributed by atoms with Gasteiger partial charge in [-0.3, -0.25) is 4.79 Å². The number of hydrogen-bond acceptors (Lipinski definition) is 3. The average Bonchev–Trinajstić information content (AvgIpc) is 3.34. The number of fused-ring (bicyclic) bond motifs is 2. The molecule has 0 spiro atoms. The van der Waals surface area contributed by atoms with Gasteiger partial charge in [-0.25, -0.2) is 13.9 Å². The van der Waals surface area contributed by atoms with E-state index in [1.54, 1.807) is 23.6 Å². The third kappa shape index (κ3) is 2.95. The number of rotatable bonds is 3. The summed E-state index contributed by atoms with van der Waals surface area (Å²) in [5, 5.41) is 7.73. The predicted molar refractivity (Wildman–Crippen MR) is 113 cm³/mol. The van der Waals surface area contributed by atoms with Crippen LogP contribution in [0.2, 0.25) is 5.02 Å². The van der Waals surface area contributed by atoms with Crippen molar-refractivity contribution in [3.63, 3.8) is 0 Å². The molecule has 2 heterocycles. The highest BCUT2D eigenvalue weighted by Gasteiger charge is 2.25. The van der Waals surface area contributed by atoms with Crippen molar-refractivity contribution in [2.45, 2.75) is 25.8 Å². The van der Waals surface area contributed by atoms with Gasteiger partial charge in [0.2, 0.25) is 0 Å². The quantitative estimate of drug-likeness (QED) is 0.512. The van der Waals surface area contributed by atoms with Crippen LogP contribution in [0, 0.1) is 12.7 Å². The first-order valence-electron chi connectivity index (χ1n) is 9.71. The van der Waals surface area contributed by atoms with Gasteiger partial charge in [0.15, 0.2) is 5.65 Å². The van der Waals surface area contributed by atoms with Gasteiger partial charge in [0.25, 0.3) is 5.91 Å². The van der Waals surface area contributed by atoms with Gasteiger partial charge in [-0.05, 0) is 43.0 Å². The fraction of sp³-hybridized carbons (Fsp3) is 0.174. The topological polar surface area (TPSA) is 59.3 Å². The second-order valence-electron chi connectivity index (χ2n) is 7.41. The fourth-order valence-electron chi connectivity index (χ4n) is 4.14. The molecule has 5 nitrogen and oxygen atoms in total. The van der Waals surface area contributed by atoms with E-state index < -0.39 is 5.82 Å². The lowest BCUT2D eigenvalue weighted by atomic mass is 10.1. The van der Waals surface area contributed by atoms with Gasteiger partial charge in [-0.2, -0.15) is 5.10 Å². The standard InChI is InChI=1S/C23H18ClFN4O/c1-13-16(23(30)28-20-10-9-14-5-2-3-6-15(14)20)11-26-22-17(12-27-29(13)22)21-18(24)7-4-8-19(21)25/h2-8,11-12,20H,9-10H2,1H3,(H,28,30)/t20-/m0/s1. The van der Waals surface area contributed by atoms with Gasteiger partial charge in [0, 0.05) is 11.8 Å². The molecule has 1 aliphatic carbocycles. The van der Waals surface area contributed by atoms with E-state index in [1.165, 1.54) is 24.0 Å². The molecular formula is C23H18ClFN4O. The van der Waals surface area contributed by atoms with Crippen molar-refractivity contribution in [1.82, 2.24) is 19.9 Å². The van der Waals surface area contributed by atoms with E-state index in [2.05, 4.69) is 27.5 Å². The Labute approximate surface area is 177 Å². The molecule has 1 aliphatic rings. The zero-order valence-electron chi connectivity index (χ0n) is 16.2. The van der Waals surface area contributed by atoms with E-state index in [4.69, 9.17) is 11.6 Å². The van der Waals surface area contributed by atoms with Gasteiger partial charge >= 0.3 is 0 Å².